The molecule has 0 saturated heterocycles. The summed E-state index contributed by atoms with van der Waals surface area (Å²) in [5.41, 5.74) is 3.84. The Morgan fingerprint density at radius 1 is 1.03 bits per heavy atom. The van der Waals surface area contributed by atoms with E-state index >= 15 is 0 Å². The Hall–Kier alpha value is -3.25. The molecule has 7 heteroatoms. The molecule has 150 valence electrons. The highest BCUT2D eigenvalue weighted by atomic mass is 35.5. The highest BCUT2D eigenvalue weighted by Gasteiger charge is 2.09. The van der Waals surface area contributed by atoms with E-state index in [4.69, 9.17) is 21.1 Å². The minimum Gasteiger partial charge on any atom is -0.494 e. The zero-order chi connectivity index (χ0) is 20.6. The molecule has 0 unspecified atom stereocenters. The maximum atomic E-state index is 12.1. The molecule has 0 aliphatic carbocycles. The molecular weight excluding hydrogens is 390 g/mol. The van der Waals surface area contributed by atoms with E-state index in [1.54, 1.807) is 30.5 Å². The molecule has 0 aliphatic heterocycles. The SMILES string of the molecule is CCOc1ccc2ccc(OCC)c(C=NNC(=O)Nc3ccc(Cl)cc3)c2c1. The van der Waals surface area contributed by atoms with Gasteiger partial charge >= 0.3 is 6.03 Å². The van der Waals surface area contributed by atoms with Crippen LogP contribution >= 0.6 is 11.6 Å². The summed E-state index contributed by atoms with van der Waals surface area (Å²) >= 11 is 5.85. The fraction of sp³-hybridized carbons (Fsp3) is 0.182. The number of benzene rings is 3. The molecule has 6 nitrogen and oxygen atoms in total. The van der Waals surface area contributed by atoms with E-state index < -0.39 is 6.03 Å². The van der Waals surface area contributed by atoms with Gasteiger partial charge in [0.2, 0.25) is 0 Å². The number of ether oxygens (including phenoxy) is 2. The van der Waals surface area contributed by atoms with Crippen LogP contribution in [0.4, 0.5) is 10.5 Å². The van der Waals surface area contributed by atoms with Crippen LogP contribution < -0.4 is 20.2 Å². The number of urea groups is 1. The summed E-state index contributed by atoms with van der Waals surface area (Å²) in [5, 5.41) is 9.31. The fourth-order valence-electron chi connectivity index (χ4n) is 2.82. The lowest BCUT2D eigenvalue weighted by Crippen LogP contribution is -2.24. The summed E-state index contributed by atoms with van der Waals surface area (Å²) in [6, 6.07) is 16.1. The zero-order valence-electron chi connectivity index (χ0n) is 16.2. The van der Waals surface area contributed by atoms with E-state index in [0.717, 1.165) is 22.1 Å². The number of hydrazone groups is 1. The van der Waals surface area contributed by atoms with Crippen molar-refractivity contribution < 1.29 is 14.3 Å². The molecular formula is C22H22ClN3O3. The number of amides is 2. The number of carbonyl (C=O) groups excluding carboxylic acids is 1. The highest BCUT2D eigenvalue weighted by Crippen LogP contribution is 2.30. The monoisotopic (exact) mass is 411 g/mol. The Morgan fingerprint density at radius 3 is 2.48 bits per heavy atom. The average molecular weight is 412 g/mol. The number of rotatable bonds is 7. The largest absolute Gasteiger partial charge is 0.494 e. The predicted octanol–water partition coefficient (Wildman–Crippen LogP) is 5.45. The lowest BCUT2D eigenvalue weighted by atomic mass is 10.0. The molecule has 29 heavy (non-hydrogen) atoms. The molecule has 0 fully saturated rings. The molecule has 3 rings (SSSR count). The number of fused-ring (bicyclic) bond motifs is 1. The van der Waals surface area contributed by atoms with Gasteiger partial charge in [0, 0.05) is 16.3 Å². The topological polar surface area (TPSA) is 72.0 Å². The van der Waals surface area contributed by atoms with Gasteiger partial charge in [0.15, 0.2) is 0 Å². The molecule has 0 saturated carbocycles. The van der Waals surface area contributed by atoms with Crippen LogP contribution in [0.2, 0.25) is 5.02 Å². The lowest BCUT2D eigenvalue weighted by molar-refractivity contribution is 0.252. The molecule has 2 amide bonds. The van der Waals surface area contributed by atoms with Gasteiger partial charge in [0.25, 0.3) is 0 Å². The van der Waals surface area contributed by atoms with Gasteiger partial charge in [0.1, 0.15) is 11.5 Å². The first-order chi connectivity index (χ1) is 14.1. The van der Waals surface area contributed by atoms with E-state index in [0.29, 0.717) is 29.7 Å². The lowest BCUT2D eigenvalue weighted by Gasteiger charge is -2.12. The minimum atomic E-state index is -0.461. The van der Waals surface area contributed by atoms with E-state index in [-0.39, 0.29) is 0 Å². The number of nitrogens with one attached hydrogen (secondary N) is 2. The molecule has 0 atom stereocenters. The Balaban J connectivity index is 1.82. The number of carbonyl (C=O) groups is 1. The third kappa shape index (κ3) is 5.39. The molecule has 0 aromatic heterocycles. The first-order valence-electron chi connectivity index (χ1n) is 9.28. The zero-order valence-corrected chi connectivity index (χ0v) is 17.0. The summed E-state index contributed by atoms with van der Waals surface area (Å²) in [4.78, 5) is 12.1. The van der Waals surface area contributed by atoms with Crippen molar-refractivity contribution in [3.05, 3.63) is 65.2 Å². The normalized spacial score (nSPS) is 10.9. The van der Waals surface area contributed by atoms with Crippen LogP contribution in [0, 0.1) is 0 Å². The van der Waals surface area contributed by atoms with Crippen molar-refractivity contribution in [3.8, 4) is 11.5 Å². The van der Waals surface area contributed by atoms with Gasteiger partial charge in [0.05, 0.1) is 19.4 Å². The van der Waals surface area contributed by atoms with Gasteiger partial charge < -0.3 is 14.8 Å². The summed E-state index contributed by atoms with van der Waals surface area (Å²) in [6.45, 7) is 4.94. The summed E-state index contributed by atoms with van der Waals surface area (Å²) in [5.74, 6) is 1.44. The third-order valence-electron chi connectivity index (χ3n) is 4.07. The van der Waals surface area contributed by atoms with Gasteiger partial charge in [-0.1, -0.05) is 23.7 Å². The summed E-state index contributed by atoms with van der Waals surface area (Å²) < 4.78 is 11.3. The number of halogens is 1. The average Bonchev–Trinajstić information content (AvgIpc) is 2.71. The number of hydrogen-bond acceptors (Lipinski definition) is 4. The van der Waals surface area contributed by atoms with Gasteiger partial charge in [-0.25, -0.2) is 10.2 Å². The predicted molar refractivity (Wildman–Crippen MR) is 117 cm³/mol. The van der Waals surface area contributed by atoms with Crippen LogP contribution in [0.15, 0.2) is 59.7 Å². The Labute approximate surface area is 174 Å². The first kappa shape index (κ1) is 20.5. The molecule has 0 bridgehead atoms. The molecule has 0 radical (unpaired) electrons. The van der Waals surface area contributed by atoms with Crippen LogP contribution in [0.3, 0.4) is 0 Å². The molecule has 0 spiro atoms. The molecule has 2 N–H and O–H groups in total. The number of nitrogens with zero attached hydrogens (tertiary/aromatic N) is 1. The maximum absolute atomic E-state index is 12.1. The van der Waals surface area contributed by atoms with E-state index in [1.165, 1.54) is 0 Å². The minimum absolute atomic E-state index is 0.461. The van der Waals surface area contributed by atoms with Crippen molar-refractivity contribution in [2.75, 3.05) is 18.5 Å². The molecule has 3 aromatic rings. The van der Waals surface area contributed by atoms with Crippen LogP contribution in [-0.4, -0.2) is 25.5 Å². The van der Waals surface area contributed by atoms with Gasteiger partial charge in [-0.05, 0) is 67.1 Å². The standard InChI is InChI=1S/C22H22ClN3O3/c1-3-28-18-11-5-15-6-12-21(29-4-2)20(19(15)13-18)14-24-26-22(27)25-17-9-7-16(23)8-10-17/h5-14H,3-4H2,1-2H3,(H2,25,26,27). The van der Waals surface area contributed by atoms with E-state index in [1.807, 2.05) is 44.2 Å². The highest BCUT2D eigenvalue weighted by molar-refractivity contribution is 6.30. The quantitative estimate of drug-likeness (QED) is 0.401. The second-order valence-electron chi connectivity index (χ2n) is 6.06. The van der Waals surface area contributed by atoms with Crippen LogP contribution in [0.25, 0.3) is 10.8 Å². The number of hydrogen-bond donors (Lipinski definition) is 2. The maximum Gasteiger partial charge on any atom is 0.339 e. The van der Waals surface area contributed by atoms with Crippen LogP contribution in [0.1, 0.15) is 19.4 Å². The van der Waals surface area contributed by atoms with Crippen molar-refractivity contribution in [1.82, 2.24) is 5.43 Å². The number of anilines is 1. The van der Waals surface area contributed by atoms with Crippen LogP contribution in [0.5, 0.6) is 11.5 Å². The smallest absolute Gasteiger partial charge is 0.339 e. The van der Waals surface area contributed by atoms with E-state index in [9.17, 15) is 4.79 Å². The Morgan fingerprint density at radius 2 is 1.76 bits per heavy atom. The summed E-state index contributed by atoms with van der Waals surface area (Å²) in [6.07, 6.45) is 1.57. The van der Waals surface area contributed by atoms with Gasteiger partial charge in [-0.2, -0.15) is 5.10 Å². The van der Waals surface area contributed by atoms with Crippen molar-refractivity contribution in [3.63, 3.8) is 0 Å². The second kappa shape index (κ2) is 9.80. The van der Waals surface area contributed by atoms with Gasteiger partial charge in [-0.15, -0.1) is 0 Å². The van der Waals surface area contributed by atoms with Crippen molar-refractivity contribution in [1.29, 1.82) is 0 Å². The van der Waals surface area contributed by atoms with Crippen LogP contribution in [-0.2, 0) is 0 Å². The van der Waals surface area contributed by atoms with Crippen molar-refractivity contribution >= 4 is 40.3 Å². The van der Waals surface area contributed by atoms with Crippen molar-refractivity contribution in [2.24, 2.45) is 5.10 Å². The van der Waals surface area contributed by atoms with Gasteiger partial charge in [-0.3, -0.25) is 0 Å². The third-order valence-corrected chi connectivity index (χ3v) is 4.32. The molecule has 3 aromatic carbocycles. The summed E-state index contributed by atoms with van der Waals surface area (Å²) in [7, 11) is 0. The Bertz CT molecular complexity index is 1010. The fourth-order valence-corrected chi connectivity index (χ4v) is 2.95. The first-order valence-corrected chi connectivity index (χ1v) is 9.66. The second-order valence-corrected chi connectivity index (χ2v) is 6.49. The molecule has 0 heterocycles. The van der Waals surface area contributed by atoms with E-state index in [2.05, 4.69) is 15.8 Å². The van der Waals surface area contributed by atoms with Crippen molar-refractivity contribution in [2.45, 2.75) is 13.8 Å². The molecule has 0 aliphatic rings. The Kier molecular flexibility index (Phi) is 6.92.